The molecule has 5 rings (SSSR count). The van der Waals surface area contributed by atoms with Crippen LogP contribution in [0, 0.1) is 6.92 Å². The lowest BCUT2D eigenvalue weighted by Crippen LogP contribution is -2.54. The number of carbonyl (C=O) groups excluding carboxylic acids is 1. The van der Waals surface area contributed by atoms with Crippen molar-refractivity contribution in [3.63, 3.8) is 0 Å². The Balaban J connectivity index is 1.29. The van der Waals surface area contributed by atoms with Gasteiger partial charge in [-0.1, -0.05) is 11.3 Å². The number of nitrogens with zero attached hydrogens (tertiary/aromatic N) is 5. The number of fused-ring (bicyclic) bond motifs is 3. The summed E-state index contributed by atoms with van der Waals surface area (Å²) in [6.45, 7) is 0.453. The van der Waals surface area contributed by atoms with Crippen molar-refractivity contribution in [2.75, 3.05) is 18.7 Å². The fourth-order valence-corrected chi connectivity index (χ4v) is 5.62. The summed E-state index contributed by atoms with van der Waals surface area (Å²) in [6.07, 6.45) is 3.16. The summed E-state index contributed by atoms with van der Waals surface area (Å²) in [6, 6.07) is 6.71. The maximum Gasteiger partial charge on any atom is 0.323 e. The number of benzene rings is 1. The number of aryl methyl sites for hydroxylation is 1. The number of amides is 2. The van der Waals surface area contributed by atoms with Gasteiger partial charge in [-0.15, -0.1) is 20.4 Å². The molecular formula is C22H25F2N7OS. The number of rotatable bonds is 6. The Kier molecular flexibility index (Phi) is 6.15. The van der Waals surface area contributed by atoms with Gasteiger partial charge in [-0.2, -0.15) is 0 Å². The molecule has 11 heteroatoms. The van der Waals surface area contributed by atoms with Crippen LogP contribution in [0.1, 0.15) is 30.7 Å². The van der Waals surface area contributed by atoms with Crippen LogP contribution < -0.4 is 10.6 Å². The highest BCUT2D eigenvalue weighted by atomic mass is 32.1. The number of alkyl halides is 2. The highest BCUT2D eigenvalue weighted by Crippen LogP contribution is 2.36. The van der Waals surface area contributed by atoms with Crippen LogP contribution in [0.25, 0.3) is 21.5 Å². The van der Waals surface area contributed by atoms with Crippen molar-refractivity contribution in [3.05, 3.63) is 29.3 Å². The maximum atomic E-state index is 13.1. The van der Waals surface area contributed by atoms with Crippen molar-refractivity contribution in [3.8, 4) is 10.6 Å². The van der Waals surface area contributed by atoms with E-state index >= 15 is 0 Å². The number of carbonyl (C=O) groups is 1. The Morgan fingerprint density at radius 2 is 1.88 bits per heavy atom. The van der Waals surface area contributed by atoms with Crippen LogP contribution in [0.3, 0.4) is 0 Å². The largest absolute Gasteiger partial charge is 0.323 e. The Hall–Kier alpha value is -2.79. The standard InChI is InChI=1S/C22H25F2N7OS/c1-12-27-30-21(33-12)13-2-5-19-14(6-13)7-20(29-28-19)26-22(32)31-17-3-4-18(31)9-15(8-17)25-16(10-23)11-24/h2,5-7,15-18,25H,3-4,8-11H2,1H3,(H,26,29,32)/t15-,17+,18-. The van der Waals surface area contributed by atoms with Crippen molar-refractivity contribution in [2.24, 2.45) is 0 Å². The second-order valence-electron chi connectivity index (χ2n) is 8.69. The van der Waals surface area contributed by atoms with E-state index in [0.717, 1.165) is 39.3 Å². The Labute approximate surface area is 193 Å². The minimum Gasteiger partial charge on any atom is -0.318 e. The monoisotopic (exact) mass is 473 g/mol. The van der Waals surface area contributed by atoms with E-state index in [1.807, 2.05) is 30.0 Å². The van der Waals surface area contributed by atoms with Gasteiger partial charge in [0.15, 0.2) is 5.82 Å². The minimum absolute atomic E-state index is 0.0194. The minimum atomic E-state index is -0.767. The molecule has 2 saturated heterocycles. The molecule has 0 unspecified atom stereocenters. The summed E-state index contributed by atoms with van der Waals surface area (Å²) in [5, 5.41) is 25.2. The van der Waals surface area contributed by atoms with Crippen LogP contribution in [-0.2, 0) is 0 Å². The Bertz CT molecular complexity index is 1140. The summed E-state index contributed by atoms with van der Waals surface area (Å²) >= 11 is 1.52. The molecule has 4 heterocycles. The van der Waals surface area contributed by atoms with Crippen LogP contribution in [0.2, 0.25) is 0 Å². The van der Waals surface area contributed by atoms with Crippen molar-refractivity contribution in [1.29, 1.82) is 0 Å². The SMILES string of the molecule is Cc1nnc(-c2ccc3nnc(NC(=O)N4[C@@H]5CC[C@H]4C[C@@H](NC(CF)CF)C5)cc3c2)s1. The second kappa shape index (κ2) is 9.22. The molecule has 2 aliphatic rings. The van der Waals surface area contributed by atoms with Gasteiger partial charge in [0.1, 0.15) is 23.4 Å². The number of aromatic nitrogens is 4. The summed E-state index contributed by atoms with van der Waals surface area (Å²) in [5.74, 6) is 0.382. The fourth-order valence-electron chi connectivity index (χ4n) is 4.93. The van der Waals surface area contributed by atoms with Gasteiger partial charge in [-0.05, 0) is 56.9 Å². The Morgan fingerprint density at radius 3 is 2.55 bits per heavy atom. The molecule has 2 fully saturated rings. The third-order valence-corrected chi connectivity index (χ3v) is 7.29. The summed E-state index contributed by atoms with van der Waals surface area (Å²) < 4.78 is 25.8. The molecule has 0 saturated carbocycles. The fraction of sp³-hybridized carbons (Fsp3) is 0.500. The zero-order chi connectivity index (χ0) is 22.9. The Morgan fingerprint density at radius 1 is 1.12 bits per heavy atom. The van der Waals surface area contributed by atoms with Gasteiger partial charge in [-0.25, -0.2) is 13.6 Å². The van der Waals surface area contributed by atoms with Crippen molar-refractivity contribution >= 4 is 34.1 Å². The first-order valence-corrected chi connectivity index (χ1v) is 11.9. The third kappa shape index (κ3) is 4.51. The zero-order valence-corrected chi connectivity index (χ0v) is 19.0. The molecule has 3 aromatic rings. The third-order valence-electron chi connectivity index (χ3n) is 6.40. The molecule has 1 aromatic carbocycles. The topological polar surface area (TPSA) is 95.9 Å². The van der Waals surface area contributed by atoms with E-state index in [0.29, 0.717) is 18.7 Å². The van der Waals surface area contributed by atoms with Crippen molar-refractivity contribution in [1.82, 2.24) is 30.6 Å². The molecular weight excluding hydrogens is 448 g/mol. The van der Waals surface area contributed by atoms with Gasteiger partial charge in [0, 0.05) is 29.1 Å². The van der Waals surface area contributed by atoms with E-state index in [1.165, 1.54) is 11.3 Å². The van der Waals surface area contributed by atoms with Gasteiger partial charge in [-0.3, -0.25) is 5.32 Å². The molecule has 3 atom stereocenters. The van der Waals surface area contributed by atoms with E-state index in [-0.39, 0.29) is 24.2 Å². The first-order chi connectivity index (χ1) is 16.0. The quantitative estimate of drug-likeness (QED) is 0.564. The highest BCUT2D eigenvalue weighted by Gasteiger charge is 2.43. The molecule has 2 aliphatic heterocycles. The van der Waals surface area contributed by atoms with E-state index in [9.17, 15) is 13.6 Å². The molecule has 2 amide bonds. The number of halogens is 2. The van der Waals surface area contributed by atoms with E-state index in [2.05, 4.69) is 31.0 Å². The first-order valence-electron chi connectivity index (χ1n) is 11.1. The number of nitrogens with one attached hydrogen (secondary N) is 2. The smallest absolute Gasteiger partial charge is 0.318 e. The van der Waals surface area contributed by atoms with E-state index in [4.69, 9.17) is 0 Å². The normalized spacial score (nSPS) is 22.3. The molecule has 33 heavy (non-hydrogen) atoms. The predicted octanol–water partition coefficient (Wildman–Crippen LogP) is 3.88. The van der Waals surface area contributed by atoms with Gasteiger partial charge in [0.2, 0.25) is 0 Å². The second-order valence-corrected chi connectivity index (χ2v) is 9.87. The number of hydrogen-bond donors (Lipinski definition) is 2. The summed E-state index contributed by atoms with van der Waals surface area (Å²) in [7, 11) is 0. The number of hydrogen-bond acceptors (Lipinski definition) is 7. The molecule has 0 spiro atoms. The lowest BCUT2D eigenvalue weighted by Gasteiger charge is -2.39. The number of urea groups is 1. The first kappa shape index (κ1) is 22.0. The van der Waals surface area contributed by atoms with Gasteiger partial charge in [0.05, 0.1) is 11.6 Å². The zero-order valence-electron chi connectivity index (χ0n) is 18.2. The van der Waals surface area contributed by atoms with Gasteiger partial charge < -0.3 is 10.2 Å². The van der Waals surface area contributed by atoms with Crippen molar-refractivity contribution in [2.45, 2.75) is 56.8 Å². The van der Waals surface area contributed by atoms with E-state index < -0.39 is 19.4 Å². The lowest BCUT2D eigenvalue weighted by atomic mass is 9.97. The van der Waals surface area contributed by atoms with Crippen LogP contribution in [0.15, 0.2) is 24.3 Å². The molecule has 174 valence electrons. The average molecular weight is 474 g/mol. The molecule has 2 aromatic heterocycles. The molecule has 2 N–H and O–H groups in total. The summed E-state index contributed by atoms with van der Waals surface area (Å²) in [5.41, 5.74) is 1.66. The average Bonchev–Trinajstić information content (AvgIpc) is 3.37. The van der Waals surface area contributed by atoms with Crippen molar-refractivity contribution < 1.29 is 13.6 Å². The van der Waals surface area contributed by atoms with Gasteiger partial charge in [0.25, 0.3) is 0 Å². The number of piperidine rings is 1. The predicted molar refractivity (Wildman–Crippen MR) is 123 cm³/mol. The molecule has 0 aliphatic carbocycles. The van der Waals surface area contributed by atoms with Crippen LogP contribution in [0.4, 0.5) is 19.4 Å². The highest BCUT2D eigenvalue weighted by molar-refractivity contribution is 7.14. The lowest BCUT2D eigenvalue weighted by molar-refractivity contribution is 0.133. The molecule has 2 bridgehead atoms. The maximum absolute atomic E-state index is 13.1. The van der Waals surface area contributed by atoms with Crippen LogP contribution in [-0.4, -0.2) is 68.8 Å². The molecule has 0 radical (unpaired) electrons. The van der Waals surface area contributed by atoms with Crippen LogP contribution in [0.5, 0.6) is 0 Å². The molecule has 8 nitrogen and oxygen atoms in total. The summed E-state index contributed by atoms with van der Waals surface area (Å²) in [4.78, 5) is 15.0. The van der Waals surface area contributed by atoms with Gasteiger partial charge >= 0.3 is 6.03 Å². The van der Waals surface area contributed by atoms with Crippen LogP contribution >= 0.6 is 11.3 Å². The van der Waals surface area contributed by atoms with E-state index in [1.54, 1.807) is 6.07 Å². The number of anilines is 1.